The Hall–Kier alpha value is -1.84. The number of alkyl halides is 1. The lowest BCUT2D eigenvalue weighted by molar-refractivity contribution is 0.143. The zero-order valence-electron chi connectivity index (χ0n) is 17.1. The molecule has 0 bridgehead atoms. The molecule has 0 aromatic carbocycles. The highest BCUT2D eigenvalue weighted by Gasteiger charge is 2.39. The molecule has 31 heavy (non-hydrogen) atoms. The van der Waals surface area contributed by atoms with Gasteiger partial charge < -0.3 is 15.3 Å². The number of nitrogens with one attached hydrogen (secondary N) is 1. The van der Waals surface area contributed by atoms with Gasteiger partial charge in [-0.1, -0.05) is 11.6 Å². The van der Waals surface area contributed by atoms with Crippen molar-refractivity contribution in [2.45, 2.75) is 54.6 Å². The molecule has 166 valence electrons. The fourth-order valence-corrected chi connectivity index (χ4v) is 6.13. The number of anilines is 2. The Kier molecular flexibility index (Phi) is 5.60. The summed E-state index contributed by atoms with van der Waals surface area (Å²) < 4.78 is 27.7. The third kappa shape index (κ3) is 3.91. The van der Waals surface area contributed by atoms with Gasteiger partial charge in [0.15, 0.2) is 0 Å². The summed E-state index contributed by atoms with van der Waals surface area (Å²) in [6, 6.07) is 1.95. The highest BCUT2D eigenvalue weighted by atomic mass is 35.5. The molecule has 0 radical (unpaired) electrons. The van der Waals surface area contributed by atoms with E-state index in [-0.39, 0.29) is 19.1 Å². The van der Waals surface area contributed by atoms with Crippen LogP contribution < -0.4 is 10.2 Å². The van der Waals surface area contributed by atoms with Crippen LogP contribution in [0.25, 0.3) is 0 Å². The van der Waals surface area contributed by atoms with Crippen molar-refractivity contribution in [3.63, 3.8) is 0 Å². The number of nitrogens with zero attached hydrogens (tertiary/aromatic N) is 4. The van der Waals surface area contributed by atoms with Crippen LogP contribution in [-0.4, -0.2) is 61.4 Å². The van der Waals surface area contributed by atoms with Crippen molar-refractivity contribution >= 4 is 34.0 Å². The SMILES string of the molecule is O=S1CCc2cc(N3CCC(c4ncc(Cl)cn4)C(F)C3)nc(NC3(CO)CCC3)c21. The normalized spacial score (nSPS) is 26.9. The lowest BCUT2D eigenvalue weighted by atomic mass is 9.77. The molecule has 2 N–H and O–H groups in total. The minimum atomic E-state index is -1.13. The summed E-state index contributed by atoms with van der Waals surface area (Å²) in [6.07, 6.45) is 5.91. The minimum Gasteiger partial charge on any atom is -0.394 e. The van der Waals surface area contributed by atoms with Gasteiger partial charge in [-0.05, 0) is 43.7 Å². The van der Waals surface area contributed by atoms with Crippen LogP contribution in [-0.2, 0) is 17.2 Å². The third-order valence-corrected chi connectivity index (χ3v) is 8.34. The topological polar surface area (TPSA) is 91.2 Å². The van der Waals surface area contributed by atoms with Gasteiger partial charge in [-0.15, -0.1) is 0 Å². The second kappa shape index (κ2) is 8.26. The molecule has 2 aliphatic heterocycles. The molecule has 1 aliphatic carbocycles. The van der Waals surface area contributed by atoms with Gasteiger partial charge >= 0.3 is 0 Å². The molecule has 1 saturated carbocycles. The monoisotopic (exact) mass is 465 g/mol. The maximum absolute atomic E-state index is 15.1. The van der Waals surface area contributed by atoms with Crippen molar-refractivity contribution in [1.29, 1.82) is 0 Å². The van der Waals surface area contributed by atoms with Gasteiger partial charge in [0, 0.05) is 24.7 Å². The molecule has 0 spiro atoms. The molecule has 7 nitrogen and oxygen atoms in total. The van der Waals surface area contributed by atoms with E-state index in [9.17, 15) is 9.32 Å². The van der Waals surface area contributed by atoms with Crippen LogP contribution in [0.1, 0.15) is 43.0 Å². The fourth-order valence-electron chi connectivity index (χ4n) is 4.66. The van der Waals surface area contributed by atoms with Gasteiger partial charge in [0.25, 0.3) is 0 Å². The average Bonchev–Trinajstić information content (AvgIpc) is 3.12. The number of fused-ring (bicyclic) bond motifs is 1. The lowest BCUT2D eigenvalue weighted by Crippen LogP contribution is -2.49. The summed E-state index contributed by atoms with van der Waals surface area (Å²) in [5.41, 5.74) is 0.602. The third-order valence-electron chi connectivity index (χ3n) is 6.66. The summed E-state index contributed by atoms with van der Waals surface area (Å²) in [4.78, 5) is 15.9. The Balaban J connectivity index is 1.40. The van der Waals surface area contributed by atoms with Crippen molar-refractivity contribution in [3.05, 3.63) is 34.9 Å². The largest absolute Gasteiger partial charge is 0.394 e. The summed E-state index contributed by atoms with van der Waals surface area (Å²) in [7, 11) is -1.10. The molecule has 2 fully saturated rings. The number of piperidine rings is 1. The lowest BCUT2D eigenvalue weighted by Gasteiger charge is -2.42. The van der Waals surface area contributed by atoms with Crippen LogP contribution in [0.5, 0.6) is 0 Å². The average molecular weight is 466 g/mol. The number of rotatable bonds is 5. The van der Waals surface area contributed by atoms with E-state index in [1.54, 1.807) is 0 Å². The number of aryl methyl sites for hydroxylation is 1. The molecule has 0 amide bonds. The first kappa shape index (κ1) is 21.0. The van der Waals surface area contributed by atoms with E-state index in [0.717, 1.165) is 29.7 Å². The van der Waals surface area contributed by atoms with Gasteiger partial charge in [0.1, 0.15) is 23.6 Å². The molecule has 5 rings (SSSR count). The summed E-state index contributed by atoms with van der Waals surface area (Å²) in [5, 5.41) is 13.7. The highest BCUT2D eigenvalue weighted by molar-refractivity contribution is 7.85. The van der Waals surface area contributed by atoms with E-state index in [4.69, 9.17) is 16.6 Å². The van der Waals surface area contributed by atoms with Crippen LogP contribution in [0.15, 0.2) is 23.4 Å². The zero-order valence-corrected chi connectivity index (χ0v) is 18.6. The molecule has 2 aromatic heterocycles. The molecule has 2 aromatic rings. The molecule has 3 aliphatic rings. The number of pyridine rings is 1. The summed E-state index contributed by atoms with van der Waals surface area (Å²) in [6.45, 7) is 0.825. The first-order chi connectivity index (χ1) is 15.0. The number of aliphatic hydroxyl groups is 1. The number of hydrogen-bond donors (Lipinski definition) is 2. The van der Waals surface area contributed by atoms with Gasteiger partial charge in [-0.2, -0.15) is 0 Å². The quantitative estimate of drug-likeness (QED) is 0.701. The van der Waals surface area contributed by atoms with Crippen LogP contribution in [0, 0.1) is 0 Å². The predicted molar refractivity (Wildman–Crippen MR) is 118 cm³/mol. The van der Waals surface area contributed by atoms with Crippen molar-refractivity contribution in [1.82, 2.24) is 15.0 Å². The van der Waals surface area contributed by atoms with E-state index < -0.39 is 22.5 Å². The predicted octanol–water partition coefficient (Wildman–Crippen LogP) is 2.85. The maximum atomic E-state index is 15.1. The van der Waals surface area contributed by atoms with Crippen LogP contribution in [0.4, 0.5) is 16.0 Å². The van der Waals surface area contributed by atoms with Crippen molar-refractivity contribution in [2.75, 3.05) is 35.7 Å². The van der Waals surface area contributed by atoms with E-state index in [0.29, 0.717) is 47.6 Å². The number of halogens is 2. The molecular formula is C21H25ClFN5O2S. The van der Waals surface area contributed by atoms with Gasteiger partial charge in [0.05, 0.1) is 45.3 Å². The molecule has 10 heteroatoms. The molecule has 3 unspecified atom stereocenters. The van der Waals surface area contributed by atoms with Gasteiger partial charge in [-0.25, -0.2) is 19.3 Å². The standard InChI is InChI=1S/C21H25ClFN5O2S/c22-14-9-24-19(25-10-14)15-2-6-28(11-16(15)23)17-8-13-3-7-31(30)18(13)20(26-17)27-21(12-29)4-1-5-21/h8-10,15-16,29H,1-7,11-12H2,(H,26,27). The van der Waals surface area contributed by atoms with Gasteiger partial charge in [0.2, 0.25) is 0 Å². The van der Waals surface area contributed by atoms with Gasteiger partial charge in [-0.3, -0.25) is 4.21 Å². The van der Waals surface area contributed by atoms with E-state index in [2.05, 4.69) is 15.3 Å². The minimum absolute atomic E-state index is 0.0133. The van der Waals surface area contributed by atoms with Crippen LogP contribution in [0.3, 0.4) is 0 Å². The molecule has 1 saturated heterocycles. The van der Waals surface area contributed by atoms with Crippen LogP contribution >= 0.6 is 11.6 Å². The number of aliphatic hydroxyl groups excluding tert-OH is 1. The smallest absolute Gasteiger partial charge is 0.145 e. The second-order valence-corrected chi connectivity index (χ2v) is 10.6. The van der Waals surface area contributed by atoms with Crippen molar-refractivity contribution in [3.8, 4) is 0 Å². The maximum Gasteiger partial charge on any atom is 0.145 e. The van der Waals surface area contributed by atoms with Crippen molar-refractivity contribution in [2.24, 2.45) is 0 Å². The Morgan fingerprint density at radius 3 is 2.77 bits per heavy atom. The summed E-state index contributed by atoms with van der Waals surface area (Å²) >= 11 is 5.85. The first-order valence-electron chi connectivity index (χ1n) is 10.7. The number of hydrogen-bond acceptors (Lipinski definition) is 7. The van der Waals surface area contributed by atoms with E-state index in [1.807, 2.05) is 11.0 Å². The Bertz CT molecular complexity index is 998. The van der Waals surface area contributed by atoms with Crippen molar-refractivity contribution < 1.29 is 13.7 Å². The second-order valence-electron chi connectivity index (χ2n) is 8.65. The van der Waals surface area contributed by atoms with E-state index >= 15 is 4.39 Å². The Morgan fingerprint density at radius 1 is 1.35 bits per heavy atom. The molecule has 4 heterocycles. The van der Waals surface area contributed by atoms with E-state index in [1.165, 1.54) is 12.4 Å². The Morgan fingerprint density at radius 2 is 2.13 bits per heavy atom. The fraction of sp³-hybridized carbons (Fsp3) is 0.571. The first-order valence-corrected chi connectivity index (χ1v) is 12.4. The number of aromatic nitrogens is 3. The molecular weight excluding hydrogens is 441 g/mol. The highest BCUT2D eigenvalue weighted by Crippen LogP contribution is 2.40. The molecule has 3 atom stereocenters. The zero-order chi connectivity index (χ0) is 21.6. The summed E-state index contributed by atoms with van der Waals surface area (Å²) in [5.74, 6) is 1.94. The Labute approximate surface area is 187 Å². The van der Waals surface area contributed by atoms with Crippen LogP contribution in [0.2, 0.25) is 5.02 Å².